The molecule has 0 bridgehead atoms. The van der Waals surface area contributed by atoms with E-state index in [1.807, 2.05) is 14.1 Å². The molecule has 0 aromatic rings. The van der Waals surface area contributed by atoms with E-state index in [9.17, 15) is 13.2 Å². The van der Waals surface area contributed by atoms with E-state index >= 15 is 0 Å². The summed E-state index contributed by atoms with van der Waals surface area (Å²) in [5.41, 5.74) is 0. The fourth-order valence-corrected chi connectivity index (χ4v) is 2.52. The molecule has 0 spiro atoms. The summed E-state index contributed by atoms with van der Waals surface area (Å²) in [6.45, 7) is 3.12. The van der Waals surface area contributed by atoms with Crippen molar-refractivity contribution in [2.75, 3.05) is 20.6 Å². The molecule has 0 heterocycles. The highest BCUT2D eigenvalue weighted by Crippen LogP contribution is 2.37. The van der Waals surface area contributed by atoms with E-state index in [-0.39, 0.29) is 18.9 Å². The molecule has 0 aromatic carbocycles. The van der Waals surface area contributed by atoms with Gasteiger partial charge in [0.15, 0.2) is 0 Å². The zero-order valence-corrected chi connectivity index (χ0v) is 11.6. The van der Waals surface area contributed by atoms with Crippen molar-refractivity contribution in [3.63, 3.8) is 0 Å². The van der Waals surface area contributed by atoms with Crippen molar-refractivity contribution in [3.05, 3.63) is 0 Å². The molecule has 1 unspecified atom stereocenters. The number of nitrogens with zero attached hydrogens (tertiary/aromatic N) is 1. The van der Waals surface area contributed by atoms with E-state index < -0.39 is 12.1 Å². The summed E-state index contributed by atoms with van der Waals surface area (Å²) in [7, 11) is 4.06. The van der Waals surface area contributed by atoms with Crippen LogP contribution in [-0.2, 0) is 0 Å². The minimum Gasteiger partial charge on any atom is -0.311 e. The monoisotopic (exact) mass is 266 g/mol. The highest BCUT2D eigenvalue weighted by molar-refractivity contribution is 4.82. The summed E-state index contributed by atoms with van der Waals surface area (Å²) in [5, 5.41) is 3.45. The molecule has 1 fully saturated rings. The van der Waals surface area contributed by atoms with E-state index in [0.717, 1.165) is 13.0 Å². The van der Waals surface area contributed by atoms with Crippen molar-refractivity contribution >= 4 is 0 Å². The molecule has 0 amide bonds. The van der Waals surface area contributed by atoms with E-state index in [4.69, 9.17) is 0 Å². The van der Waals surface area contributed by atoms with Crippen molar-refractivity contribution in [1.82, 2.24) is 10.2 Å². The topological polar surface area (TPSA) is 15.3 Å². The number of hydrogen-bond acceptors (Lipinski definition) is 2. The fraction of sp³-hybridized carbons (Fsp3) is 1.00. The van der Waals surface area contributed by atoms with Crippen LogP contribution in [0.1, 0.15) is 39.0 Å². The summed E-state index contributed by atoms with van der Waals surface area (Å²) >= 11 is 0. The lowest BCUT2D eigenvalue weighted by Gasteiger charge is -2.32. The first-order chi connectivity index (χ1) is 8.29. The van der Waals surface area contributed by atoms with Gasteiger partial charge in [0, 0.05) is 12.1 Å². The Hall–Kier alpha value is -0.290. The third-order valence-electron chi connectivity index (χ3n) is 3.72. The van der Waals surface area contributed by atoms with Crippen molar-refractivity contribution in [2.45, 2.75) is 57.3 Å². The van der Waals surface area contributed by atoms with Crippen LogP contribution in [0, 0.1) is 5.92 Å². The normalized spacial score (nSPS) is 27.5. The van der Waals surface area contributed by atoms with Gasteiger partial charge in [0.05, 0.1) is 5.92 Å². The molecule has 0 aromatic heterocycles. The Morgan fingerprint density at radius 3 is 2.17 bits per heavy atom. The van der Waals surface area contributed by atoms with Gasteiger partial charge >= 0.3 is 6.18 Å². The number of halogens is 3. The van der Waals surface area contributed by atoms with Gasteiger partial charge in [-0.3, -0.25) is 0 Å². The number of alkyl halides is 3. The van der Waals surface area contributed by atoms with Crippen molar-refractivity contribution in [1.29, 1.82) is 0 Å². The smallest absolute Gasteiger partial charge is 0.311 e. The lowest BCUT2D eigenvalue weighted by atomic mass is 9.85. The lowest BCUT2D eigenvalue weighted by molar-refractivity contribution is -0.182. The molecule has 108 valence electrons. The first-order valence-corrected chi connectivity index (χ1v) is 6.76. The number of rotatable bonds is 5. The van der Waals surface area contributed by atoms with Gasteiger partial charge in [0.25, 0.3) is 0 Å². The first-order valence-electron chi connectivity index (χ1n) is 6.76. The van der Waals surface area contributed by atoms with Gasteiger partial charge in [-0.25, -0.2) is 0 Å². The average Bonchev–Trinajstić information content (AvgIpc) is 2.26. The Bertz CT molecular complexity index is 233. The zero-order valence-electron chi connectivity index (χ0n) is 11.6. The van der Waals surface area contributed by atoms with Gasteiger partial charge in [-0.15, -0.1) is 0 Å². The molecule has 0 saturated heterocycles. The molecule has 5 heteroatoms. The van der Waals surface area contributed by atoms with Crippen LogP contribution in [0.2, 0.25) is 0 Å². The Morgan fingerprint density at radius 2 is 1.72 bits per heavy atom. The van der Waals surface area contributed by atoms with Crippen molar-refractivity contribution in [2.24, 2.45) is 5.92 Å². The van der Waals surface area contributed by atoms with Crippen LogP contribution >= 0.6 is 0 Å². The van der Waals surface area contributed by atoms with Crippen LogP contribution in [0.15, 0.2) is 0 Å². The largest absolute Gasteiger partial charge is 0.391 e. The summed E-state index contributed by atoms with van der Waals surface area (Å²) in [6.07, 6.45) is -1.11. The minimum atomic E-state index is -4.00. The van der Waals surface area contributed by atoms with Gasteiger partial charge in [-0.2, -0.15) is 13.2 Å². The second kappa shape index (κ2) is 6.75. The maximum absolute atomic E-state index is 12.5. The second-order valence-corrected chi connectivity index (χ2v) is 5.75. The van der Waals surface area contributed by atoms with Crippen LogP contribution in [0.25, 0.3) is 0 Å². The molecule has 1 saturated carbocycles. The quantitative estimate of drug-likeness (QED) is 0.823. The number of nitrogens with one attached hydrogen (secondary N) is 1. The fourth-order valence-electron chi connectivity index (χ4n) is 2.52. The molecule has 0 aliphatic heterocycles. The van der Waals surface area contributed by atoms with Gasteiger partial charge < -0.3 is 10.2 Å². The van der Waals surface area contributed by atoms with Gasteiger partial charge in [0.2, 0.25) is 0 Å². The van der Waals surface area contributed by atoms with Crippen molar-refractivity contribution < 1.29 is 13.2 Å². The zero-order chi connectivity index (χ0) is 13.8. The van der Waals surface area contributed by atoms with Gasteiger partial charge in [-0.05, 0) is 59.7 Å². The van der Waals surface area contributed by atoms with E-state index in [0.29, 0.717) is 18.9 Å². The molecule has 1 N–H and O–H groups in total. The summed E-state index contributed by atoms with van der Waals surface area (Å²) in [5.74, 6) is -1.08. The van der Waals surface area contributed by atoms with Gasteiger partial charge in [-0.1, -0.05) is 0 Å². The SMILES string of the molecule is CC(CCN(C)C)NC1CCC(C(F)(F)F)CC1. The highest BCUT2D eigenvalue weighted by Gasteiger charge is 2.41. The maximum Gasteiger partial charge on any atom is 0.391 e. The van der Waals surface area contributed by atoms with Crippen LogP contribution in [-0.4, -0.2) is 43.8 Å². The molecule has 1 rings (SSSR count). The minimum absolute atomic E-state index is 0.265. The Labute approximate surface area is 108 Å². The van der Waals surface area contributed by atoms with Crippen LogP contribution < -0.4 is 5.32 Å². The van der Waals surface area contributed by atoms with Crippen LogP contribution in [0.4, 0.5) is 13.2 Å². The Kier molecular flexibility index (Phi) is 5.92. The lowest BCUT2D eigenvalue weighted by Crippen LogP contribution is -2.42. The van der Waals surface area contributed by atoms with E-state index in [1.165, 1.54) is 0 Å². The number of hydrogen-bond donors (Lipinski definition) is 1. The molecule has 2 nitrogen and oxygen atoms in total. The summed E-state index contributed by atoms with van der Waals surface area (Å²) in [4.78, 5) is 2.12. The standard InChI is InChI=1S/C13H25F3N2/c1-10(8-9-18(2)3)17-12-6-4-11(5-7-12)13(14,15)16/h10-12,17H,4-9H2,1-3H3. The molecule has 1 aliphatic carbocycles. The molecule has 18 heavy (non-hydrogen) atoms. The highest BCUT2D eigenvalue weighted by atomic mass is 19.4. The molecular formula is C13H25F3N2. The summed E-state index contributed by atoms with van der Waals surface area (Å²) < 4.78 is 37.5. The molecule has 1 atom stereocenters. The Morgan fingerprint density at radius 1 is 1.17 bits per heavy atom. The molecule has 0 radical (unpaired) electrons. The van der Waals surface area contributed by atoms with E-state index in [2.05, 4.69) is 17.1 Å². The third-order valence-corrected chi connectivity index (χ3v) is 3.72. The van der Waals surface area contributed by atoms with E-state index in [1.54, 1.807) is 0 Å². The Balaban J connectivity index is 2.23. The van der Waals surface area contributed by atoms with Crippen LogP contribution in [0.3, 0.4) is 0 Å². The molecule has 1 aliphatic rings. The average molecular weight is 266 g/mol. The van der Waals surface area contributed by atoms with Crippen LogP contribution in [0.5, 0.6) is 0 Å². The summed E-state index contributed by atoms with van der Waals surface area (Å²) in [6, 6.07) is 0.639. The molecular weight excluding hydrogens is 241 g/mol. The predicted molar refractivity (Wildman–Crippen MR) is 67.6 cm³/mol. The third kappa shape index (κ3) is 5.57. The first kappa shape index (κ1) is 15.8. The second-order valence-electron chi connectivity index (χ2n) is 5.75. The van der Waals surface area contributed by atoms with Gasteiger partial charge in [0.1, 0.15) is 0 Å². The maximum atomic E-state index is 12.5. The van der Waals surface area contributed by atoms with Crippen molar-refractivity contribution in [3.8, 4) is 0 Å². The predicted octanol–water partition coefficient (Wildman–Crippen LogP) is 3.04.